The van der Waals surface area contributed by atoms with Crippen LogP contribution < -0.4 is 20.9 Å². The molecule has 0 radical (unpaired) electrons. The molecule has 0 spiro atoms. The summed E-state index contributed by atoms with van der Waals surface area (Å²) in [5.74, 6) is -0.330. The number of aryl methyl sites for hydroxylation is 1. The smallest absolute Gasteiger partial charge is 0.269 e. The Bertz CT molecular complexity index is 827. The third kappa shape index (κ3) is 6.01. The monoisotopic (exact) mass is 437 g/mol. The molecule has 2 aromatic carbocycles. The van der Waals surface area contributed by atoms with Crippen molar-refractivity contribution in [2.24, 2.45) is 0 Å². The molecule has 0 aliphatic heterocycles. The van der Waals surface area contributed by atoms with Crippen molar-refractivity contribution in [2.45, 2.75) is 6.92 Å². The van der Waals surface area contributed by atoms with Gasteiger partial charge >= 0.3 is 0 Å². The SMILES string of the molecule is Cc1cc(OCC(=O)NC(=S)NNC(=O)c2ccc(O)cc2)ccc1Br. The summed E-state index contributed by atoms with van der Waals surface area (Å²) in [7, 11) is 0. The van der Waals surface area contributed by atoms with Crippen molar-refractivity contribution in [1.82, 2.24) is 16.2 Å². The van der Waals surface area contributed by atoms with Gasteiger partial charge < -0.3 is 9.84 Å². The number of hydrogen-bond donors (Lipinski definition) is 4. The fourth-order valence-corrected chi connectivity index (χ4v) is 2.26. The molecule has 0 fully saturated rings. The minimum absolute atomic E-state index is 0.0539. The van der Waals surface area contributed by atoms with Crippen LogP contribution in [0.25, 0.3) is 0 Å². The summed E-state index contributed by atoms with van der Waals surface area (Å²) < 4.78 is 6.33. The number of nitrogens with one attached hydrogen (secondary N) is 3. The minimum atomic E-state index is -0.470. The number of ether oxygens (including phenoxy) is 1. The normalized spacial score (nSPS) is 9.92. The molecule has 0 saturated heterocycles. The summed E-state index contributed by atoms with van der Waals surface area (Å²) in [5, 5.41) is 11.5. The standard InChI is InChI=1S/C17H16BrN3O4S/c1-10-8-13(6-7-14(10)18)25-9-15(23)19-17(26)21-20-16(24)11-2-4-12(22)5-3-11/h2-8,22H,9H2,1H3,(H,20,24)(H2,19,21,23,26). The van der Waals surface area contributed by atoms with Crippen molar-refractivity contribution in [3.63, 3.8) is 0 Å². The molecule has 7 nitrogen and oxygen atoms in total. The van der Waals surface area contributed by atoms with Crippen molar-refractivity contribution < 1.29 is 19.4 Å². The molecule has 0 atom stereocenters. The van der Waals surface area contributed by atoms with Crippen molar-refractivity contribution in [2.75, 3.05) is 6.61 Å². The number of benzene rings is 2. The van der Waals surface area contributed by atoms with E-state index < -0.39 is 11.8 Å². The fraction of sp³-hybridized carbons (Fsp3) is 0.118. The van der Waals surface area contributed by atoms with E-state index in [9.17, 15) is 14.7 Å². The van der Waals surface area contributed by atoms with E-state index in [0.29, 0.717) is 11.3 Å². The molecule has 2 rings (SSSR count). The Morgan fingerprint density at radius 1 is 1.15 bits per heavy atom. The van der Waals surface area contributed by atoms with Crippen LogP contribution in [0.1, 0.15) is 15.9 Å². The highest BCUT2D eigenvalue weighted by Gasteiger charge is 2.09. The minimum Gasteiger partial charge on any atom is -0.508 e. The molecule has 4 N–H and O–H groups in total. The van der Waals surface area contributed by atoms with Gasteiger partial charge in [-0.3, -0.25) is 25.8 Å². The highest BCUT2D eigenvalue weighted by atomic mass is 79.9. The molecular formula is C17H16BrN3O4S. The Morgan fingerprint density at radius 3 is 2.50 bits per heavy atom. The van der Waals surface area contributed by atoms with Gasteiger partial charge in [0.15, 0.2) is 11.7 Å². The quantitative estimate of drug-likeness (QED) is 0.432. The van der Waals surface area contributed by atoms with Crippen LogP contribution in [-0.4, -0.2) is 28.6 Å². The lowest BCUT2D eigenvalue weighted by Crippen LogP contribution is -2.49. The number of carbonyl (C=O) groups is 2. The lowest BCUT2D eigenvalue weighted by molar-refractivity contribution is -0.121. The molecule has 2 aromatic rings. The Morgan fingerprint density at radius 2 is 1.85 bits per heavy atom. The topological polar surface area (TPSA) is 99.7 Å². The second-order valence-corrected chi connectivity index (χ2v) is 6.47. The third-order valence-electron chi connectivity index (χ3n) is 3.17. The largest absolute Gasteiger partial charge is 0.508 e. The average molecular weight is 438 g/mol. The molecule has 0 aliphatic carbocycles. The summed E-state index contributed by atoms with van der Waals surface area (Å²) in [6, 6.07) is 11.0. The Labute approximate surface area is 163 Å². The summed E-state index contributed by atoms with van der Waals surface area (Å²) >= 11 is 8.31. The number of hydrogen-bond acceptors (Lipinski definition) is 5. The molecule has 0 bridgehead atoms. The van der Waals surface area contributed by atoms with E-state index in [0.717, 1.165) is 10.0 Å². The van der Waals surface area contributed by atoms with Crippen LogP contribution >= 0.6 is 28.1 Å². The summed E-state index contributed by atoms with van der Waals surface area (Å²) in [4.78, 5) is 23.7. The number of thiocarbonyl (C=S) groups is 1. The first-order valence-corrected chi connectivity index (χ1v) is 8.63. The van der Waals surface area contributed by atoms with E-state index in [2.05, 4.69) is 32.1 Å². The molecule has 0 heterocycles. The zero-order valence-corrected chi connectivity index (χ0v) is 16.1. The molecule has 0 saturated carbocycles. The van der Waals surface area contributed by atoms with Gasteiger partial charge in [0.05, 0.1) is 0 Å². The van der Waals surface area contributed by atoms with Crippen LogP contribution in [0.4, 0.5) is 0 Å². The van der Waals surface area contributed by atoms with Crippen molar-refractivity contribution >= 4 is 45.1 Å². The number of halogens is 1. The molecule has 2 amide bonds. The summed E-state index contributed by atoms with van der Waals surface area (Å²) in [6.45, 7) is 1.68. The molecule has 26 heavy (non-hydrogen) atoms. The summed E-state index contributed by atoms with van der Waals surface area (Å²) in [5.41, 5.74) is 6.06. The highest BCUT2D eigenvalue weighted by Crippen LogP contribution is 2.21. The number of hydrazine groups is 1. The first-order valence-electron chi connectivity index (χ1n) is 7.43. The fourth-order valence-electron chi connectivity index (χ4n) is 1.85. The average Bonchev–Trinajstić information content (AvgIpc) is 2.61. The first-order chi connectivity index (χ1) is 12.3. The number of rotatable bonds is 4. The zero-order valence-electron chi connectivity index (χ0n) is 13.7. The molecule has 136 valence electrons. The lowest BCUT2D eigenvalue weighted by atomic mass is 10.2. The van der Waals surface area contributed by atoms with Crippen LogP contribution in [0, 0.1) is 6.92 Å². The molecule has 9 heteroatoms. The second-order valence-electron chi connectivity index (χ2n) is 5.20. The number of carbonyl (C=O) groups excluding carboxylic acids is 2. The maximum Gasteiger partial charge on any atom is 0.269 e. The number of phenols is 1. The van der Waals surface area contributed by atoms with Crippen molar-refractivity contribution in [3.05, 3.63) is 58.1 Å². The first kappa shape index (κ1) is 19.7. The van der Waals surface area contributed by atoms with E-state index in [4.69, 9.17) is 17.0 Å². The van der Waals surface area contributed by atoms with Gasteiger partial charge in [0.2, 0.25) is 0 Å². The lowest BCUT2D eigenvalue weighted by Gasteiger charge is -2.11. The van der Waals surface area contributed by atoms with Gasteiger partial charge in [0.1, 0.15) is 11.5 Å². The van der Waals surface area contributed by atoms with Gasteiger partial charge in [-0.2, -0.15) is 0 Å². The van der Waals surface area contributed by atoms with E-state index in [1.165, 1.54) is 24.3 Å². The van der Waals surface area contributed by atoms with Gasteiger partial charge in [0, 0.05) is 10.0 Å². The van der Waals surface area contributed by atoms with Crippen LogP contribution in [0.3, 0.4) is 0 Å². The Balaban J connectivity index is 1.74. The van der Waals surface area contributed by atoms with Crippen LogP contribution in [-0.2, 0) is 4.79 Å². The zero-order chi connectivity index (χ0) is 19.1. The summed E-state index contributed by atoms with van der Waals surface area (Å²) in [6.07, 6.45) is 0. The third-order valence-corrected chi connectivity index (χ3v) is 4.27. The number of phenolic OH excluding ortho intramolecular Hbond substituents is 1. The predicted octanol–water partition coefficient (Wildman–Crippen LogP) is 2.18. The molecule has 0 aliphatic rings. The van der Waals surface area contributed by atoms with Gasteiger partial charge in [-0.15, -0.1) is 0 Å². The van der Waals surface area contributed by atoms with Gasteiger partial charge in [-0.25, -0.2) is 0 Å². The van der Waals surface area contributed by atoms with Gasteiger partial charge in [-0.1, -0.05) is 15.9 Å². The van der Waals surface area contributed by atoms with Crippen molar-refractivity contribution in [3.8, 4) is 11.5 Å². The van der Waals surface area contributed by atoms with Crippen LogP contribution in [0.2, 0.25) is 0 Å². The number of aromatic hydroxyl groups is 1. The molecule has 0 unspecified atom stereocenters. The van der Waals surface area contributed by atoms with E-state index in [1.54, 1.807) is 12.1 Å². The van der Waals surface area contributed by atoms with Crippen LogP contribution in [0.5, 0.6) is 11.5 Å². The maximum absolute atomic E-state index is 11.9. The Kier molecular flexibility index (Phi) is 6.93. The number of amides is 2. The maximum atomic E-state index is 11.9. The van der Waals surface area contributed by atoms with E-state index in [1.807, 2.05) is 13.0 Å². The van der Waals surface area contributed by atoms with Crippen LogP contribution in [0.15, 0.2) is 46.9 Å². The van der Waals surface area contributed by atoms with E-state index in [-0.39, 0.29) is 17.5 Å². The molecule has 0 aromatic heterocycles. The second kappa shape index (κ2) is 9.16. The van der Waals surface area contributed by atoms with Gasteiger partial charge in [-0.05, 0) is 67.2 Å². The Hall–Kier alpha value is -2.65. The van der Waals surface area contributed by atoms with Gasteiger partial charge in [0.25, 0.3) is 11.8 Å². The highest BCUT2D eigenvalue weighted by molar-refractivity contribution is 9.10. The predicted molar refractivity (Wildman–Crippen MR) is 104 cm³/mol. The van der Waals surface area contributed by atoms with Crippen molar-refractivity contribution in [1.29, 1.82) is 0 Å². The molecular weight excluding hydrogens is 422 g/mol. The van der Waals surface area contributed by atoms with E-state index >= 15 is 0 Å².